The van der Waals surface area contributed by atoms with Gasteiger partial charge >= 0.3 is 0 Å². The number of nitrogens with one attached hydrogen (secondary N) is 1. The number of rotatable bonds is 8. The zero-order valence-corrected chi connectivity index (χ0v) is 21.6. The molecule has 8 nitrogen and oxygen atoms in total. The second-order valence-corrected chi connectivity index (χ2v) is 11.8. The van der Waals surface area contributed by atoms with Crippen LogP contribution in [0.15, 0.2) is 41.3 Å². The second-order valence-electron chi connectivity index (χ2n) is 9.30. The topological polar surface area (TPSA) is 113 Å². The number of benzene rings is 2. The number of ether oxygens (including phenoxy) is 1. The maximum atomic E-state index is 14.7. The van der Waals surface area contributed by atoms with Gasteiger partial charge in [0, 0.05) is 23.1 Å². The molecular formula is C25H27ClF2N2O6S. The Balaban J connectivity index is 1.59. The molecule has 37 heavy (non-hydrogen) atoms. The van der Waals surface area contributed by atoms with Crippen LogP contribution in [0.25, 0.3) is 0 Å². The Morgan fingerprint density at radius 3 is 2.57 bits per heavy atom. The van der Waals surface area contributed by atoms with Crippen LogP contribution >= 0.6 is 11.6 Å². The molecule has 0 spiro atoms. The number of nitrogens with zero attached hydrogens (tertiary/aromatic N) is 1. The van der Waals surface area contributed by atoms with Crippen LogP contribution < -0.4 is 5.32 Å². The van der Waals surface area contributed by atoms with Crippen LogP contribution in [0.1, 0.15) is 41.7 Å². The van der Waals surface area contributed by atoms with E-state index in [-0.39, 0.29) is 46.2 Å². The molecule has 0 aromatic heterocycles. The fourth-order valence-corrected chi connectivity index (χ4v) is 5.93. The van der Waals surface area contributed by atoms with E-state index in [1.165, 1.54) is 29.2 Å². The number of amides is 2. The number of carbonyl (C=O) groups is 2. The van der Waals surface area contributed by atoms with Crippen molar-refractivity contribution in [2.75, 3.05) is 25.6 Å². The van der Waals surface area contributed by atoms with Crippen LogP contribution in [-0.4, -0.2) is 67.9 Å². The maximum absolute atomic E-state index is 14.7. The predicted molar refractivity (Wildman–Crippen MR) is 131 cm³/mol. The Labute approximate surface area is 218 Å². The zero-order valence-electron chi connectivity index (χ0n) is 20.0. The van der Waals surface area contributed by atoms with Gasteiger partial charge in [0.2, 0.25) is 5.91 Å². The highest BCUT2D eigenvalue weighted by atomic mass is 35.5. The Hall–Kier alpha value is -2.60. The van der Waals surface area contributed by atoms with Crippen LogP contribution in [0.2, 0.25) is 5.02 Å². The van der Waals surface area contributed by atoms with Crippen molar-refractivity contribution < 1.29 is 36.6 Å². The van der Waals surface area contributed by atoms with Crippen molar-refractivity contribution in [1.29, 1.82) is 0 Å². The number of aliphatic hydroxyl groups excluding tert-OH is 1. The van der Waals surface area contributed by atoms with Gasteiger partial charge in [0.1, 0.15) is 17.7 Å². The molecule has 12 heteroatoms. The van der Waals surface area contributed by atoms with Crippen molar-refractivity contribution in [3.8, 4) is 0 Å². The average Bonchev–Trinajstić information content (AvgIpc) is 3.21. The quantitative estimate of drug-likeness (QED) is 0.484. The summed E-state index contributed by atoms with van der Waals surface area (Å²) in [6.45, 7) is 1.71. The molecule has 2 aliphatic heterocycles. The van der Waals surface area contributed by atoms with Crippen molar-refractivity contribution >= 4 is 33.3 Å². The molecular weight excluding hydrogens is 530 g/mol. The number of likely N-dealkylation sites (tertiary alicyclic amines) is 1. The van der Waals surface area contributed by atoms with E-state index in [0.717, 1.165) is 12.1 Å². The van der Waals surface area contributed by atoms with Crippen molar-refractivity contribution in [3.63, 3.8) is 0 Å². The molecule has 2 aromatic carbocycles. The molecule has 2 amide bonds. The van der Waals surface area contributed by atoms with E-state index >= 15 is 0 Å². The zero-order chi connectivity index (χ0) is 26.9. The lowest BCUT2D eigenvalue weighted by Gasteiger charge is -2.36. The van der Waals surface area contributed by atoms with E-state index in [1.54, 1.807) is 6.92 Å². The molecule has 2 N–H and O–H groups in total. The van der Waals surface area contributed by atoms with Gasteiger partial charge in [-0.1, -0.05) is 17.7 Å². The van der Waals surface area contributed by atoms with Gasteiger partial charge in [-0.05, 0) is 50.1 Å². The maximum Gasteiger partial charge on any atom is 0.254 e. The van der Waals surface area contributed by atoms with E-state index in [9.17, 15) is 26.8 Å². The molecule has 2 saturated heterocycles. The van der Waals surface area contributed by atoms with Gasteiger partial charge in [0.05, 0.1) is 41.5 Å². The number of hydrogen-bond acceptors (Lipinski definition) is 6. The van der Waals surface area contributed by atoms with Gasteiger partial charge in [0.15, 0.2) is 9.84 Å². The second kappa shape index (κ2) is 11.0. The van der Waals surface area contributed by atoms with E-state index in [1.807, 2.05) is 0 Å². The summed E-state index contributed by atoms with van der Waals surface area (Å²) in [6.07, 6.45) is 0.861. The smallest absolute Gasteiger partial charge is 0.254 e. The number of sulfone groups is 1. The Kier molecular flexibility index (Phi) is 8.17. The first-order valence-electron chi connectivity index (χ1n) is 11.8. The summed E-state index contributed by atoms with van der Waals surface area (Å²) in [5, 5.41) is 11.5. The van der Waals surface area contributed by atoms with Gasteiger partial charge in [-0.2, -0.15) is 0 Å². The minimum absolute atomic E-state index is 0.0609. The summed E-state index contributed by atoms with van der Waals surface area (Å²) < 4.78 is 58.8. The van der Waals surface area contributed by atoms with E-state index in [0.29, 0.717) is 12.8 Å². The van der Waals surface area contributed by atoms with Crippen LogP contribution in [0.5, 0.6) is 0 Å². The Morgan fingerprint density at radius 1 is 1.19 bits per heavy atom. The van der Waals surface area contributed by atoms with E-state index < -0.39 is 57.7 Å². The van der Waals surface area contributed by atoms with Crippen LogP contribution in [0.3, 0.4) is 0 Å². The van der Waals surface area contributed by atoms with Crippen molar-refractivity contribution in [2.45, 2.75) is 42.8 Å². The summed E-state index contributed by atoms with van der Waals surface area (Å²) in [5.41, 5.74) is 0.0228. The van der Waals surface area contributed by atoms with Crippen molar-refractivity contribution in [3.05, 3.63) is 64.2 Å². The Bertz CT molecular complexity index is 1300. The molecule has 2 fully saturated rings. The van der Waals surface area contributed by atoms with Crippen LogP contribution in [0.4, 0.5) is 8.78 Å². The normalized spacial score (nSPS) is 20.9. The summed E-state index contributed by atoms with van der Waals surface area (Å²) in [5.74, 6) is -3.43. The molecule has 200 valence electrons. The molecule has 0 bridgehead atoms. The first kappa shape index (κ1) is 27.4. The monoisotopic (exact) mass is 556 g/mol. The summed E-state index contributed by atoms with van der Waals surface area (Å²) in [6, 6.07) is 5.15. The minimum Gasteiger partial charge on any atom is -0.395 e. The number of aliphatic hydroxyl groups is 1. The van der Waals surface area contributed by atoms with Crippen LogP contribution in [-0.2, 0) is 19.4 Å². The van der Waals surface area contributed by atoms with Crippen LogP contribution in [0, 0.1) is 17.6 Å². The number of hydrogen-bond donors (Lipinski definition) is 2. The predicted octanol–water partition coefficient (Wildman–Crippen LogP) is 2.88. The van der Waals surface area contributed by atoms with E-state index in [2.05, 4.69) is 5.32 Å². The highest BCUT2D eigenvalue weighted by Crippen LogP contribution is 2.34. The SMILES string of the molecule is C[C@@H]1CC[C@H](C(=O)N[C@@H](c2cc(F)c(Cl)cc2F)C2COC2)N1C(=O)c1cccc(S(=O)(=O)CCO)c1. The number of halogens is 3. The average molecular weight is 557 g/mol. The first-order chi connectivity index (χ1) is 17.5. The third-order valence-corrected chi connectivity index (χ3v) is 8.80. The molecule has 3 atom stereocenters. The third-order valence-electron chi connectivity index (χ3n) is 6.81. The molecule has 0 aliphatic carbocycles. The highest BCUT2D eigenvalue weighted by molar-refractivity contribution is 7.91. The van der Waals surface area contributed by atoms with Gasteiger partial charge in [-0.15, -0.1) is 0 Å². The standard InChI is InChI=1S/C25H27ClF2N2O6S/c1-14-5-6-22(30(14)25(33)15-3-2-4-17(9-15)37(34,35)8-7-31)24(32)29-23(16-12-36-13-16)18-10-21(28)19(26)11-20(18)27/h2-4,9-11,14,16,22-23,31H,5-8,12-13H2,1H3,(H,29,32)/t14-,22-,23-/m1/s1. The molecule has 0 radical (unpaired) electrons. The highest BCUT2D eigenvalue weighted by Gasteiger charge is 2.42. The molecule has 0 unspecified atom stereocenters. The molecule has 2 heterocycles. The van der Waals surface area contributed by atoms with Crippen molar-refractivity contribution in [1.82, 2.24) is 10.2 Å². The molecule has 2 aromatic rings. The fourth-order valence-electron chi connectivity index (χ4n) is 4.71. The number of carbonyl (C=O) groups excluding carboxylic acids is 2. The largest absolute Gasteiger partial charge is 0.395 e. The van der Waals surface area contributed by atoms with Gasteiger partial charge in [-0.3, -0.25) is 9.59 Å². The lowest BCUT2D eigenvalue weighted by Crippen LogP contribution is -2.51. The molecule has 0 saturated carbocycles. The summed E-state index contributed by atoms with van der Waals surface area (Å²) in [4.78, 5) is 28.2. The summed E-state index contributed by atoms with van der Waals surface area (Å²) in [7, 11) is -3.78. The van der Waals surface area contributed by atoms with Gasteiger partial charge in [0.25, 0.3) is 5.91 Å². The minimum atomic E-state index is -3.78. The molecule has 2 aliphatic rings. The van der Waals surface area contributed by atoms with Crippen molar-refractivity contribution in [2.24, 2.45) is 5.92 Å². The first-order valence-corrected chi connectivity index (χ1v) is 13.9. The lowest BCUT2D eigenvalue weighted by molar-refractivity contribution is -0.128. The Morgan fingerprint density at radius 2 is 1.92 bits per heavy atom. The summed E-state index contributed by atoms with van der Waals surface area (Å²) >= 11 is 5.69. The van der Waals surface area contributed by atoms with Gasteiger partial charge < -0.3 is 20.1 Å². The lowest BCUT2D eigenvalue weighted by atomic mass is 9.90. The van der Waals surface area contributed by atoms with Gasteiger partial charge in [-0.25, -0.2) is 17.2 Å². The third kappa shape index (κ3) is 5.64. The molecule has 4 rings (SSSR count). The van der Waals surface area contributed by atoms with E-state index in [4.69, 9.17) is 21.4 Å². The fraction of sp³-hybridized carbons (Fsp3) is 0.440.